The van der Waals surface area contributed by atoms with Gasteiger partial charge < -0.3 is 14.2 Å². The molecule has 1 aliphatic rings. The monoisotopic (exact) mass is 422 g/mol. The second-order valence-corrected chi connectivity index (χ2v) is 7.69. The molecule has 0 spiro atoms. The van der Waals surface area contributed by atoms with Crippen molar-refractivity contribution >= 4 is 0 Å². The third kappa shape index (κ3) is 5.35. The zero-order valence-corrected chi connectivity index (χ0v) is 17.6. The van der Waals surface area contributed by atoms with E-state index in [9.17, 15) is 13.2 Å². The van der Waals surface area contributed by atoms with Gasteiger partial charge in [-0.1, -0.05) is 25.5 Å². The Bertz CT molecular complexity index is 833. The summed E-state index contributed by atoms with van der Waals surface area (Å²) >= 11 is 0. The van der Waals surface area contributed by atoms with Gasteiger partial charge in [-0.15, -0.1) is 0 Å². The van der Waals surface area contributed by atoms with Crippen LogP contribution in [0.3, 0.4) is 0 Å². The van der Waals surface area contributed by atoms with Gasteiger partial charge in [-0.3, -0.25) is 0 Å². The molecular formula is C24H29F3O3. The van der Waals surface area contributed by atoms with Gasteiger partial charge >= 0.3 is 0 Å². The summed E-state index contributed by atoms with van der Waals surface area (Å²) in [7, 11) is 1.64. The summed E-state index contributed by atoms with van der Waals surface area (Å²) in [5.41, 5.74) is 0.199. The van der Waals surface area contributed by atoms with Crippen molar-refractivity contribution in [2.24, 2.45) is 0 Å². The van der Waals surface area contributed by atoms with E-state index in [-0.39, 0.29) is 28.7 Å². The van der Waals surface area contributed by atoms with E-state index < -0.39 is 17.5 Å². The Labute approximate surface area is 176 Å². The van der Waals surface area contributed by atoms with Gasteiger partial charge in [0.15, 0.2) is 11.6 Å². The molecule has 2 aromatic rings. The lowest BCUT2D eigenvalue weighted by Crippen LogP contribution is -2.26. The van der Waals surface area contributed by atoms with E-state index in [0.717, 1.165) is 25.7 Å². The smallest absolute Gasteiger partial charge is 0.167 e. The standard InChI is InChI=1S/C24H29F3O3/c1-3-4-12-29-18-7-8-20(22(25)14-18)21-10-9-19(23(26)24(21)27)16-5-6-17(30-15-16)11-13-28-2/h7-10,14,16-17H,3-6,11-13,15H2,1-2H3. The predicted molar refractivity (Wildman–Crippen MR) is 110 cm³/mol. The Morgan fingerprint density at radius 1 is 1.00 bits per heavy atom. The molecule has 0 aromatic heterocycles. The molecule has 0 radical (unpaired) electrons. The molecule has 0 amide bonds. The molecule has 2 atom stereocenters. The van der Waals surface area contributed by atoms with E-state index in [1.165, 1.54) is 18.2 Å². The number of rotatable bonds is 9. The first-order valence-electron chi connectivity index (χ1n) is 10.6. The van der Waals surface area contributed by atoms with Crippen molar-refractivity contribution < 1.29 is 27.4 Å². The van der Waals surface area contributed by atoms with Gasteiger partial charge in [-0.2, -0.15) is 0 Å². The summed E-state index contributed by atoms with van der Waals surface area (Å²) < 4.78 is 60.6. The number of hydrogen-bond acceptors (Lipinski definition) is 3. The zero-order valence-electron chi connectivity index (χ0n) is 17.6. The molecule has 0 saturated carbocycles. The fourth-order valence-electron chi connectivity index (χ4n) is 3.75. The molecule has 3 rings (SSSR count). The van der Waals surface area contributed by atoms with Crippen molar-refractivity contribution in [1.29, 1.82) is 0 Å². The van der Waals surface area contributed by atoms with Crippen molar-refractivity contribution in [2.45, 2.75) is 51.0 Å². The minimum atomic E-state index is -1.03. The Balaban J connectivity index is 1.74. The van der Waals surface area contributed by atoms with Crippen LogP contribution in [0.25, 0.3) is 11.1 Å². The average molecular weight is 422 g/mol. The Kier molecular flexibility index (Phi) is 8.16. The summed E-state index contributed by atoms with van der Waals surface area (Å²) in [5, 5.41) is 0. The molecule has 0 aliphatic carbocycles. The molecule has 0 N–H and O–H groups in total. The van der Waals surface area contributed by atoms with Crippen molar-refractivity contribution in [3.8, 4) is 16.9 Å². The second-order valence-electron chi connectivity index (χ2n) is 7.69. The summed E-state index contributed by atoms with van der Waals surface area (Å²) in [6.07, 6.45) is 4.18. The zero-order chi connectivity index (χ0) is 21.5. The number of benzene rings is 2. The van der Waals surface area contributed by atoms with Crippen LogP contribution in [-0.4, -0.2) is 33.0 Å². The highest BCUT2D eigenvalue weighted by atomic mass is 19.2. The normalized spacial score (nSPS) is 19.1. The lowest BCUT2D eigenvalue weighted by Gasteiger charge is -2.29. The Morgan fingerprint density at radius 3 is 2.47 bits per heavy atom. The molecule has 1 saturated heterocycles. The molecule has 164 valence electrons. The summed E-state index contributed by atoms with van der Waals surface area (Å²) in [5.74, 6) is -2.44. The molecular weight excluding hydrogens is 393 g/mol. The maximum Gasteiger partial charge on any atom is 0.167 e. The van der Waals surface area contributed by atoms with Crippen LogP contribution in [0, 0.1) is 17.5 Å². The highest BCUT2D eigenvalue weighted by Gasteiger charge is 2.27. The lowest BCUT2D eigenvalue weighted by molar-refractivity contribution is -0.0134. The Hall–Kier alpha value is -2.05. The van der Waals surface area contributed by atoms with Crippen LogP contribution in [0.2, 0.25) is 0 Å². The third-order valence-corrected chi connectivity index (χ3v) is 5.56. The summed E-state index contributed by atoms with van der Waals surface area (Å²) in [6, 6.07) is 7.21. The SMILES string of the molecule is CCCCOc1ccc(-c2ccc(C3CCC(CCOC)OC3)c(F)c2F)c(F)c1. The van der Waals surface area contributed by atoms with Crippen LogP contribution in [0.1, 0.15) is 50.5 Å². The fourth-order valence-corrected chi connectivity index (χ4v) is 3.75. The minimum Gasteiger partial charge on any atom is -0.493 e. The van der Waals surface area contributed by atoms with E-state index in [4.69, 9.17) is 14.2 Å². The Morgan fingerprint density at radius 2 is 1.80 bits per heavy atom. The van der Waals surface area contributed by atoms with Crippen molar-refractivity contribution in [1.82, 2.24) is 0 Å². The van der Waals surface area contributed by atoms with E-state index in [2.05, 4.69) is 0 Å². The number of ether oxygens (including phenoxy) is 3. The first-order chi connectivity index (χ1) is 14.5. The number of unbranched alkanes of at least 4 members (excludes halogenated alkanes) is 1. The van der Waals surface area contributed by atoms with Gasteiger partial charge in [-0.25, -0.2) is 13.2 Å². The molecule has 0 bridgehead atoms. The topological polar surface area (TPSA) is 27.7 Å². The number of halogens is 3. The first-order valence-corrected chi connectivity index (χ1v) is 10.6. The summed E-state index contributed by atoms with van der Waals surface area (Å²) in [6.45, 7) is 3.47. The van der Waals surface area contributed by atoms with Gasteiger partial charge in [0.2, 0.25) is 0 Å². The van der Waals surface area contributed by atoms with Crippen LogP contribution in [0.4, 0.5) is 13.2 Å². The highest BCUT2D eigenvalue weighted by Crippen LogP contribution is 2.36. The molecule has 30 heavy (non-hydrogen) atoms. The molecule has 2 aromatic carbocycles. The van der Waals surface area contributed by atoms with Gasteiger partial charge in [0, 0.05) is 36.8 Å². The largest absolute Gasteiger partial charge is 0.493 e. The highest BCUT2D eigenvalue weighted by molar-refractivity contribution is 5.66. The molecule has 2 unspecified atom stereocenters. The second kappa shape index (κ2) is 10.8. The van der Waals surface area contributed by atoms with Gasteiger partial charge in [0.05, 0.1) is 19.3 Å². The molecule has 1 aliphatic heterocycles. The first kappa shape index (κ1) is 22.6. The van der Waals surface area contributed by atoms with Gasteiger partial charge in [0.1, 0.15) is 11.6 Å². The quantitative estimate of drug-likeness (QED) is 0.447. The van der Waals surface area contributed by atoms with E-state index >= 15 is 0 Å². The molecule has 1 fully saturated rings. The van der Waals surface area contributed by atoms with E-state index in [0.29, 0.717) is 32.0 Å². The summed E-state index contributed by atoms with van der Waals surface area (Å²) in [4.78, 5) is 0. The van der Waals surface area contributed by atoms with Crippen LogP contribution in [-0.2, 0) is 9.47 Å². The van der Waals surface area contributed by atoms with Gasteiger partial charge in [0.25, 0.3) is 0 Å². The number of methoxy groups -OCH3 is 1. The lowest BCUT2D eigenvalue weighted by atomic mass is 9.89. The molecule has 3 nitrogen and oxygen atoms in total. The third-order valence-electron chi connectivity index (χ3n) is 5.56. The number of hydrogen-bond donors (Lipinski definition) is 0. The molecule has 6 heteroatoms. The maximum atomic E-state index is 14.9. The van der Waals surface area contributed by atoms with Crippen LogP contribution < -0.4 is 4.74 Å². The van der Waals surface area contributed by atoms with Crippen LogP contribution in [0.5, 0.6) is 5.75 Å². The minimum absolute atomic E-state index is 0.0142. The average Bonchev–Trinajstić information content (AvgIpc) is 2.75. The van der Waals surface area contributed by atoms with E-state index in [1.807, 2.05) is 6.92 Å². The predicted octanol–water partition coefficient (Wildman–Crippen LogP) is 6.25. The van der Waals surface area contributed by atoms with Crippen molar-refractivity contribution in [3.63, 3.8) is 0 Å². The van der Waals surface area contributed by atoms with Crippen LogP contribution in [0.15, 0.2) is 30.3 Å². The van der Waals surface area contributed by atoms with Crippen molar-refractivity contribution in [3.05, 3.63) is 53.3 Å². The van der Waals surface area contributed by atoms with Gasteiger partial charge in [-0.05, 0) is 43.4 Å². The van der Waals surface area contributed by atoms with Crippen molar-refractivity contribution in [2.75, 3.05) is 26.9 Å². The fraction of sp³-hybridized carbons (Fsp3) is 0.500. The van der Waals surface area contributed by atoms with Crippen LogP contribution >= 0.6 is 0 Å². The maximum absolute atomic E-state index is 14.9. The molecule has 1 heterocycles. The van der Waals surface area contributed by atoms with E-state index in [1.54, 1.807) is 19.2 Å².